The van der Waals surface area contributed by atoms with Crippen LogP contribution >= 0.6 is 0 Å². The van der Waals surface area contributed by atoms with Gasteiger partial charge < -0.3 is 15.3 Å². The Bertz CT molecular complexity index is 453. The van der Waals surface area contributed by atoms with E-state index in [1.807, 2.05) is 0 Å². The standard InChI is InChI=1S/C11H17N5O3/c1-16(6-8-12-7-13-15-8)10(19)14-11(9(17)18)4-2-3-5-11/h7H,2-6H2,1H3,(H,14,19)(H,17,18)(H,12,13,15). The van der Waals surface area contributed by atoms with Gasteiger partial charge in [-0.1, -0.05) is 12.8 Å². The number of aromatic nitrogens is 3. The maximum absolute atomic E-state index is 12.0. The van der Waals surface area contributed by atoms with Crippen LogP contribution in [-0.2, 0) is 11.3 Å². The molecule has 8 nitrogen and oxygen atoms in total. The van der Waals surface area contributed by atoms with Gasteiger partial charge in [-0.05, 0) is 12.8 Å². The average Bonchev–Trinajstić information content (AvgIpc) is 3.00. The highest BCUT2D eigenvalue weighted by molar-refractivity contribution is 5.86. The van der Waals surface area contributed by atoms with E-state index < -0.39 is 17.5 Å². The molecular weight excluding hydrogens is 250 g/mol. The fraction of sp³-hybridized carbons (Fsp3) is 0.636. The number of carboxylic acid groups (broad SMARTS) is 1. The van der Waals surface area contributed by atoms with Crippen LogP contribution in [-0.4, -0.2) is 49.8 Å². The van der Waals surface area contributed by atoms with Crippen LogP contribution in [0.5, 0.6) is 0 Å². The Morgan fingerprint density at radius 2 is 2.21 bits per heavy atom. The largest absolute Gasteiger partial charge is 0.480 e. The summed E-state index contributed by atoms with van der Waals surface area (Å²) < 4.78 is 0. The normalized spacial score (nSPS) is 17.1. The zero-order chi connectivity index (χ0) is 13.9. The predicted octanol–water partition coefficient (Wildman–Crippen LogP) is 0.343. The molecule has 8 heteroatoms. The Morgan fingerprint density at radius 3 is 2.74 bits per heavy atom. The summed E-state index contributed by atoms with van der Waals surface area (Å²) in [5.41, 5.74) is -1.12. The van der Waals surface area contributed by atoms with E-state index >= 15 is 0 Å². The first-order valence-electron chi connectivity index (χ1n) is 6.14. The summed E-state index contributed by atoms with van der Waals surface area (Å²) in [6.45, 7) is 0.252. The maximum Gasteiger partial charge on any atom is 0.329 e. The molecular formula is C11H17N5O3. The van der Waals surface area contributed by atoms with Crippen molar-refractivity contribution in [2.75, 3.05) is 7.05 Å². The SMILES string of the molecule is CN(Cc1ncn[nH]1)C(=O)NC1(C(=O)O)CCCC1. The van der Waals surface area contributed by atoms with Crippen LogP contribution in [0.15, 0.2) is 6.33 Å². The molecule has 1 heterocycles. The first-order chi connectivity index (χ1) is 9.03. The van der Waals surface area contributed by atoms with Gasteiger partial charge in [0.15, 0.2) is 0 Å². The molecule has 0 spiro atoms. The van der Waals surface area contributed by atoms with E-state index in [1.54, 1.807) is 7.05 Å². The van der Waals surface area contributed by atoms with Crippen LogP contribution in [0.1, 0.15) is 31.5 Å². The lowest BCUT2D eigenvalue weighted by Crippen LogP contribution is -2.55. The zero-order valence-electron chi connectivity index (χ0n) is 10.7. The Hall–Kier alpha value is -2.12. The number of aromatic amines is 1. The molecule has 1 saturated carbocycles. The van der Waals surface area contributed by atoms with Crippen molar-refractivity contribution in [3.63, 3.8) is 0 Å². The Labute approximate surface area is 110 Å². The molecule has 1 aromatic heterocycles. The van der Waals surface area contributed by atoms with Crippen molar-refractivity contribution in [3.8, 4) is 0 Å². The van der Waals surface area contributed by atoms with Gasteiger partial charge in [0, 0.05) is 7.05 Å². The van der Waals surface area contributed by atoms with Crippen molar-refractivity contribution in [1.29, 1.82) is 0 Å². The monoisotopic (exact) mass is 267 g/mol. The number of nitrogens with zero attached hydrogens (tertiary/aromatic N) is 3. The fourth-order valence-corrected chi connectivity index (χ4v) is 2.27. The van der Waals surface area contributed by atoms with Crippen LogP contribution < -0.4 is 5.32 Å². The molecule has 1 aliphatic rings. The number of hydrogen-bond donors (Lipinski definition) is 3. The fourth-order valence-electron chi connectivity index (χ4n) is 2.27. The third-order valence-corrected chi connectivity index (χ3v) is 3.41. The minimum atomic E-state index is -1.12. The second-order valence-electron chi connectivity index (χ2n) is 4.81. The van der Waals surface area contributed by atoms with Crippen molar-refractivity contribution in [3.05, 3.63) is 12.2 Å². The molecule has 104 valence electrons. The molecule has 19 heavy (non-hydrogen) atoms. The summed E-state index contributed by atoms with van der Waals surface area (Å²) in [5, 5.41) is 18.3. The minimum absolute atomic E-state index is 0.252. The van der Waals surface area contributed by atoms with Crippen LogP contribution in [0.2, 0.25) is 0 Å². The van der Waals surface area contributed by atoms with Crippen LogP contribution in [0.3, 0.4) is 0 Å². The number of carbonyl (C=O) groups is 2. The highest BCUT2D eigenvalue weighted by Crippen LogP contribution is 2.30. The molecule has 2 amide bonds. The smallest absolute Gasteiger partial charge is 0.329 e. The van der Waals surface area contributed by atoms with E-state index in [-0.39, 0.29) is 6.54 Å². The molecule has 0 unspecified atom stereocenters. The molecule has 1 aromatic rings. The van der Waals surface area contributed by atoms with Gasteiger partial charge >= 0.3 is 12.0 Å². The van der Waals surface area contributed by atoms with Crippen LogP contribution in [0.4, 0.5) is 4.79 Å². The highest BCUT2D eigenvalue weighted by atomic mass is 16.4. The average molecular weight is 267 g/mol. The predicted molar refractivity (Wildman–Crippen MR) is 65.2 cm³/mol. The summed E-state index contributed by atoms with van der Waals surface area (Å²) in [4.78, 5) is 28.7. The van der Waals surface area contributed by atoms with Gasteiger partial charge in [-0.2, -0.15) is 5.10 Å². The van der Waals surface area contributed by atoms with Crippen LogP contribution in [0.25, 0.3) is 0 Å². The van der Waals surface area contributed by atoms with Gasteiger partial charge in [0.25, 0.3) is 0 Å². The van der Waals surface area contributed by atoms with E-state index in [2.05, 4.69) is 20.5 Å². The Morgan fingerprint density at radius 1 is 1.53 bits per heavy atom. The first-order valence-corrected chi connectivity index (χ1v) is 6.14. The number of aliphatic carboxylic acids is 1. The molecule has 0 bridgehead atoms. The molecule has 0 aromatic carbocycles. The van der Waals surface area contributed by atoms with E-state index in [9.17, 15) is 14.7 Å². The number of carboxylic acids is 1. The molecule has 0 atom stereocenters. The summed E-state index contributed by atoms with van der Waals surface area (Å²) in [7, 11) is 1.59. The van der Waals surface area contributed by atoms with Crippen molar-refractivity contribution in [2.45, 2.75) is 37.8 Å². The Kier molecular flexibility index (Phi) is 3.68. The second-order valence-corrected chi connectivity index (χ2v) is 4.81. The van der Waals surface area contributed by atoms with Gasteiger partial charge in [0.2, 0.25) is 0 Å². The van der Waals surface area contributed by atoms with E-state index in [1.165, 1.54) is 11.2 Å². The zero-order valence-corrected chi connectivity index (χ0v) is 10.7. The van der Waals surface area contributed by atoms with Gasteiger partial charge in [-0.3, -0.25) is 5.10 Å². The topological polar surface area (TPSA) is 111 Å². The van der Waals surface area contributed by atoms with Crippen molar-refractivity contribution < 1.29 is 14.7 Å². The quantitative estimate of drug-likeness (QED) is 0.728. The molecule has 3 N–H and O–H groups in total. The maximum atomic E-state index is 12.0. The second kappa shape index (κ2) is 5.25. The first kappa shape index (κ1) is 13.3. The van der Waals surface area contributed by atoms with Crippen molar-refractivity contribution in [1.82, 2.24) is 25.4 Å². The van der Waals surface area contributed by atoms with Gasteiger partial charge in [0.05, 0.1) is 6.54 Å². The molecule has 1 fully saturated rings. The summed E-state index contributed by atoms with van der Waals surface area (Å²) in [6.07, 6.45) is 3.95. The minimum Gasteiger partial charge on any atom is -0.480 e. The lowest BCUT2D eigenvalue weighted by atomic mass is 9.98. The summed E-state index contributed by atoms with van der Waals surface area (Å²) >= 11 is 0. The number of amides is 2. The van der Waals surface area contributed by atoms with Gasteiger partial charge in [0.1, 0.15) is 17.7 Å². The lowest BCUT2D eigenvalue weighted by Gasteiger charge is -2.28. The third kappa shape index (κ3) is 2.83. The van der Waals surface area contributed by atoms with Crippen molar-refractivity contribution >= 4 is 12.0 Å². The molecule has 2 rings (SSSR count). The van der Waals surface area contributed by atoms with E-state index in [0.717, 1.165) is 12.8 Å². The van der Waals surface area contributed by atoms with Gasteiger partial charge in [-0.15, -0.1) is 0 Å². The van der Waals surface area contributed by atoms with E-state index in [0.29, 0.717) is 18.7 Å². The number of urea groups is 1. The van der Waals surface area contributed by atoms with Crippen molar-refractivity contribution in [2.24, 2.45) is 0 Å². The molecule has 1 aliphatic carbocycles. The Balaban J connectivity index is 1.97. The lowest BCUT2D eigenvalue weighted by molar-refractivity contribution is -0.144. The number of hydrogen-bond acceptors (Lipinski definition) is 4. The number of carbonyl (C=O) groups excluding carboxylic acids is 1. The van der Waals surface area contributed by atoms with Crippen LogP contribution in [0, 0.1) is 0 Å². The number of rotatable bonds is 4. The summed E-state index contributed by atoms with van der Waals surface area (Å²) in [6, 6.07) is -0.416. The number of H-pyrrole nitrogens is 1. The number of nitrogens with one attached hydrogen (secondary N) is 2. The molecule has 0 saturated heterocycles. The van der Waals surface area contributed by atoms with Gasteiger partial charge in [-0.25, -0.2) is 14.6 Å². The molecule has 0 radical (unpaired) electrons. The highest BCUT2D eigenvalue weighted by Gasteiger charge is 2.43. The van der Waals surface area contributed by atoms with E-state index in [4.69, 9.17) is 0 Å². The molecule has 0 aliphatic heterocycles. The summed E-state index contributed by atoms with van der Waals surface area (Å²) in [5.74, 6) is -0.417. The third-order valence-electron chi connectivity index (χ3n) is 3.41.